The summed E-state index contributed by atoms with van der Waals surface area (Å²) in [6, 6.07) is 10.0. The van der Waals surface area contributed by atoms with Crippen LogP contribution in [0.15, 0.2) is 30.3 Å². The molecule has 2 fully saturated rings. The smallest absolute Gasteiger partial charge is 0.242 e. The number of nitrogens with one attached hydrogen (secondary N) is 2. The summed E-state index contributed by atoms with van der Waals surface area (Å²) in [5.41, 5.74) is 1.41. The molecule has 0 aromatic heterocycles. The molecule has 2 aliphatic rings. The van der Waals surface area contributed by atoms with E-state index < -0.39 is 0 Å². The summed E-state index contributed by atoms with van der Waals surface area (Å²) in [7, 11) is 0. The van der Waals surface area contributed by atoms with Crippen LogP contribution in [0.5, 0.6) is 0 Å². The summed E-state index contributed by atoms with van der Waals surface area (Å²) in [5.74, 6) is 0.140. The largest absolute Gasteiger partial charge is 0.353 e. The average Bonchev–Trinajstić information content (AvgIpc) is 3.16. The van der Waals surface area contributed by atoms with Crippen LogP contribution in [0.4, 0.5) is 0 Å². The van der Waals surface area contributed by atoms with Crippen molar-refractivity contribution in [2.75, 3.05) is 6.54 Å². The van der Waals surface area contributed by atoms with Crippen molar-refractivity contribution in [2.45, 2.75) is 56.9 Å². The number of hydrogen-bond acceptors (Lipinski definition) is 2. The topological polar surface area (TPSA) is 58.2 Å². The van der Waals surface area contributed by atoms with Crippen LogP contribution in [0.1, 0.15) is 51.0 Å². The first-order chi connectivity index (χ1) is 11.1. The molecule has 4 heteroatoms. The fourth-order valence-electron chi connectivity index (χ4n) is 3.78. The van der Waals surface area contributed by atoms with Gasteiger partial charge in [-0.05, 0) is 37.2 Å². The fourth-order valence-corrected chi connectivity index (χ4v) is 3.78. The van der Waals surface area contributed by atoms with Crippen LogP contribution >= 0.6 is 0 Å². The summed E-state index contributed by atoms with van der Waals surface area (Å²) in [5, 5.41) is 5.98. The maximum atomic E-state index is 12.6. The van der Waals surface area contributed by atoms with Crippen molar-refractivity contribution >= 4 is 11.8 Å². The third-order valence-electron chi connectivity index (χ3n) is 5.35. The lowest BCUT2D eigenvalue weighted by molar-refractivity contribution is -0.129. The van der Waals surface area contributed by atoms with Gasteiger partial charge in [0.1, 0.15) is 6.04 Å². The summed E-state index contributed by atoms with van der Waals surface area (Å²) >= 11 is 0. The maximum Gasteiger partial charge on any atom is 0.242 e. The molecular formula is C19H26N2O2. The monoisotopic (exact) mass is 314 g/mol. The minimum atomic E-state index is -0.374. The van der Waals surface area contributed by atoms with E-state index in [4.69, 9.17) is 0 Å². The van der Waals surface area contributed by atoms with Crippen LogP contribution in [-0.2, 0) is 15.0 Å². The van der Waals surface area contributed by atoms with Gasteiger partial charge in [0.25, 0.3) is 0 Å². The Morgan fingerprint density at radius 2 is 1.83 bits per heavy atom. The van der Waals surface area contributed by atoms with Gasteiger partial charge in [0.2, 0.25) is 11.8 Å². The lowest BCUT2D eigenvalue weighted by Crippen LogP contribution is -2.51. The number of rotatable bonds is 6. The van der Waals surface area contributed by atoms with E-state index in [0.29, 0.717) is 6.54 Å². The fraction of sp³-hybridized carbons (Fsp3) is 0.579. The Morgan fingerprint density at radius 3 is 2.39 bits per heavy atom. The van der Waals surface area contributed by atoms with E-state index in [1.54, 1.807) is 0 Å². The molecule has 0 saturated heterocycles. The normalized spacial score (nSPS) is 20.7. The first-order valence-electron chi connectivity index (χ1n) is 8.71. The average molecular weight is 314 g/mol. The van der Waals surface area contributed by atoms with Crippen molar-refractivity contribution in [2.24, 2.45) is 5.92 Å². The van der Waals surface area contributed by atoms with Gasteiger partial charge in [0, 0.05) is 18.9 Å². The molecule has 0 heterocycles. The molecule has 3 rings (SSSR count). The van der Waals surface area contributed by atoms with Gasteiger partial charge in [-0.1, -0.05) is 43.2 Å². The van der Waals surface area contributed by atoms with E-state index >= 15 is 0 Å². The molecule has 0 bridgehead atoms. The van der Waals surface area contributed by atoms with E-state index in [1.807, 2.05) is 6.07 Å². The molecule has 1 atom stereocenters. The van der Waals surface area contributed by atoms with Crippen LogP contribution in [0, 0.1) is 5.92 Å². The van der Waals surface area contributed by atoms with Gasteiger partial charge in [-0.3, -0.25) is 9.59 Å². The zero-order chi connectivity index (χ0) is 16.3. The van der Waals surface area contributed by atoms with E-state index in [2.05, 4.69) is 34.9 Å². The molecule has 124 valence electrons. The van der Waals surface area contributed by atoms with Crippen molar-refractivity contribution < 1.29 is 9.59 Å². The molecule has 2 saturated carbocycles. The molecule has 0 aliphatic heterocycles. The highest BCUT2D eigenvalue weighted by atomic mass is 16.2. The summed E-state index contributed by atoms with van der Waals surface area (Å²) in [6.45, 7) is 2.15. The van der Waals surface area contributed by atoms with Crippen LogP contribution in [0.2, 0.25) is 0 Å². The zero-order valence-electron chi connectivity index (χ0n) is 13.8. The zero-order valence-corrected chi connectivity index (χ0v) is 13.8. The number of amides is 2. The second-order valence-electron chi connectivity index (χ2n) is 7.09. The molecule has 2 aliphatic carbocycles. The predicted octanol–water partition coefficient (Wildman–Crippen LogP) is 2.53. The number of carbonyl (C=O) groups is 2. The number of benzene rings is 1. The maximum absolute atomic E-state index is 12.6. The summed E-state index contributed by atoms with van der Waals surface area (Å²) in [6.07, 6.45) is 6.60. The third kappa shape index (κ3) is 3.74. The quantitative estimate of drug-likeness (QED) is 0.848. The van der Waals surface area contributed by atoms with E-state index in [0.717, 1.165) is 38.5 Å². The van der Waals surface area contributed by atoms with Crippen molar-refractivity contribution in [3.05, 3.63) is 35.9 Å². The van der Waals surface area contributed by atoms with Gasteiger partial charge in [0.05, 0.1) is 0 Å². The Morgan fingerprint density at radius 1 is 1.17 bits per heavy atom. The molecule has 1 aromatic carbocycles. The number of carbonyl (C=O) groups excluding carboxylic acids is 2. The summed E-state index contributed by atoms with van der Waals surface area (Å²) in [4.78, 5) is 24.1. The Balaban J connectivity index is 1.61. The first kappa shape index (κ1) is 16.0. The van der Waals surface area contributed by atoms with Crippen LogP contribution in [-0.4, -0.2) is 24.4 Å². The second kappa shape index (κ2) is 6.73. The number of hydrogen-bond donors (Lipinski definition) is 2. The lowest BCUT2D eigenvalue weighted by atomic mass is 9.94. The van der Waals surface area contributed by atoms with Gasteiger partial charge in [-0.25, -0.2) is 0 Å². The van der Waals surface area contributed by atoms with Gasteiger partial charge in [-0.15, -0.1) is 0 Å². The van der Waals surface area contributed by atoms with Gasteiger partial charge in [0.15, 0.2) is 0 Å². The van der Waals surface area contributed by atoms with Crippen molar-refractivity contribution in [1.29, 1.82) is 0 Å². The molecule has 2 amide bonds. The molecule has 0 unspecified atom stereocenters. The highest BCUT2D eigenvalue weighted by molar-refractivity contribution is 5.87. The predicted molar refractivity (Wildman–Crippen MR) is 89.9 cm³/mol. The minimum Gasteiger partial charge on any atom is -0.353 e. The molecule has 1 aromatic rings. The van der Waals surface area contributed by atoms with Crippen molar-refractivity contribution in [1.82, 2.24) is 10.6 Å². The van der Waals surface area contributed by atoms with Crippen molar-refractivity contribution in [3.8, 4) is 0 Å². The third-order valence-corrected chi connectivity index (χ3v) is 5.35. The molecule has 2 N–H and O–H groups in total. The first-order valence-corrected chi connectivity index (χ1v) is 8.71. The lowest BCUT2D eigenvalue weighted by Gasteiger charge is -2.25. The minimum absolute atomic E-state index is 0.0192. The van der Waals surface area contributed by atoms with Gasteiger partial charge in [-0.2, -0.15) is 0 Å². The Hall–Kier alpha value is -1.84. The Bertz CT molecular complexity index is 560. The van der Waals surface area contributed by atoms with E-state index in [9.17, 15) is 9.59 Å². The SMILES string of the molecule is CC(=O)N[C@@H](C(=O)NCC1(c2ccccc2)CC1)C1CCCC1. The van der Waals surface area contributed by atoms with Gasteiger partial charge < -0.3 is 10.6 Å². The van der Waals surface area contributed by atoms with Crippen LogP contribution in [0.25, 0.3) is 0 Å². The van der Waals surface area contributed by atoms with Crippen LogP contribution < -0.4 is 10.6 Å². The van der Waals surface area contributed by atoms with E-state index in [-0.39, 0.29) is 29.2 Å². The second-order valence-corrected chi connectivity index (χ2v) is 7.09. The Kier molecular flexibility index (Phi) is 4.69. The molecule has 0 radical (unpaired) electrons. The molecule has 4 nitrogen and oxygen atoms in total. The molecular weight excluding hydrogens is 288 g/mol. The highest BCUT2D eigenvalue weighted by Crippen LogP contribution is 2.47. The molecule has 23 heavy (non-hydrogen) atoms. The highest BCUT2D eigenvalue weighted by Gasteiger charge is 2.44. The van der Waals surface area contributed by atoms with Crippen molar-refractivity contribution in [3.63, 3.8) is 0 Å². The standard InChI is InChI=1S/C19H26N2O2/c1-14(22)21-17(15-7-5-6-8-15)18(23)20-13-19(11-12-19)16-9-3-2-4-10-16/h2-4,9-10,15,17H,5-8,11-13H2,1H3,(H,20,23)(H,21,22)/t17-/m1/s1. The summed E-state index contributed by atoms with van der Waals surface area (Å²) < 4.78 is 0. The molecule has 0 spiro atoms. The van der Waals surface area contributed by atoms with Crippen LogP contribution in [0.3, 0.4) is 0 Å². The van der Waals surface area contributed by atoms with Gasteiger partial charge >= 0.3 is 0 Å². The van der Waals surface area contributed by atoms with E-state index in [1.165, 1.54) is 12.5 Å². The Labute approximate surface area is 138 Å².